The van der Waals surface area contributed by atoms with E-state index in [2.05, 4.69) is 9.71 Å². The van der Waals surface area contributed by atoms with Crippen molar-refractivity contribution in [3.05, 3.63) is 22.5 Å². The first-order valence-corrected chi connectivity index (χ1v) is 10.7. The number of fused-ring (bicyclic) bond motifs is 1. The number of aliphatic hydroxyl groups is 1. The standard InChI is InChI=1S/C19H30ClN3O4S/c1-11(24)13-9-12-14(15(20)21-13)23(16(25)27-17(2,3)4)10-19(12,8)22-28(26)18(5,6)7/h9,11,22,24H,10H2,1-8H3/t11?,19-,28?/m0/s1. The molecule has 0 saturated carbocycles. The van der Waals surface area contributed by atoms with Crippen LogP contribution in [0.1, 0.15) is 72.8 Å². The summed E-state index contributed by atoms with van der Waals surface area (Å²) in [6.07, 6.45) is -1.40. The number of anilines is 1. The number of nitrogens with one attached hydrogen (secondary N) is 1. The lowest BCUT2D eigenvalue weighted by Gasteiger charge is -2.31. The topological polar surface area (TPSA) is 91.8 Å². The first kappa shape index (κ1) is 23.1. The van der Waals surface area contributed by atoms with E-state index >= 15 is 0 Å². The van der Waals surface area contributed by atoms with Gasteiger partial charge in [-0.2, -0.15) is 0 Å². The molecule has 0 fully saturated rings. The number of nitrogens with zero attached hydrogens (tertiary/aromatic N) is 2. The second-order valence-corrected chi connectivity index (χ2v) is 11.6. The molecule has 2 N–H and O–H groups in total. The smallest absolute Gasteiger partial charge is 0.414 e. The summed E-state index contributed by atoms with van der Waals surface area (Å²) in [4.78, 5) is 18.5. The Morgan fingerprint density at radius 2 is 1.96 bits per heavy atom. The molecule has 2 rings (SSSR count). The zero-order valence-corrected chi connectivity index (χ0v) is 19.3. The highest BCUT2D eigenvalue weighted by Crippen LogP contribution is 2.44. The minimum atomic E-state index is -1.40. The summed E-state index contributed by atoms with van der Waals surface area (Å²) < 4.78 is 21.0. The van der Waals surface area contributed by atoms with Gasteiger partial charge in [0.05, 0.1) is 45.3 Å². The van der Waals surface area contributed by atoms with Crippen LogP contribution in [0.5, 0.6) is 0 Å². The summed E-state index contributed by atoms with van der Waals surface area (Å²) in [5.74, 6) is 0. The van der Waals surface area contributed by atoms with Crippen molar-refractivity contribution in [1.82, 2.24) is 9.71 Å². The Bertz CT molecular complexity index is 802. The summed E-state index contributed by atoms with van der Waals surface area (Å²) in [7, 11) is -1.40. The molecule has 0 spiro atoms. The van der Waals surface area contributed by atoms with E-state index in [-0.39, 0.29) is 11.7 Å². The van der Waals surface area contributed by atoms with Crippen LogP contribution in [0.4, 0.5) is 10.5 Å². The summed E-state index contributed by atoms with van der Waals surface area (Å²) in [5.41, 5.74) is -0.116. The highest BCUT2D eigenvalue weighted by atomic mass is 35.5. The fourth-order valence-electron chi connectivity index (χ4n) is 2.82. The predicted octanol–water partition coefficient (Wildman–Crippen LogP) is 3.81. The van der Waals surface area contributed by atoms with Gasteiger partial charge in [0.1, 0.15) is 5.60 Å². The third-order valence-corrected chi connectivity index (χ3v) is 6.24. The number of hydrogen-bond donors (Lipinski definition) is 2. The molecule has 0 radical (unpaired) electrons. The number of aromatic nitrogens is 1. The van der Waals surface area contributed by atoms with Crippen LogP contribution in [0.3, 0.4) is 0 Å². The van der Waals surface area contributed by atoms with Crippen molar-refractivity contribution >= 4 is 34.4 Å². The van der Waals surface area contributed by atoms with Crippen molar-refractivity contribution in [2.45, 2.75) is 77.4 Å². The molecule has 28 heavy (non-hydrogen) atoms. The maximum absolute atomic E-state index is 12.8. The molecule has 1 aromatic rings. The average Bonchev–Trinajstić information content (AvgIpc) is 2.78. The van der Waals surface area contributed by atoms with Gasteiger partial charge in [-0.15, -0.1) is 0 Å². The molecule has 1 amide bonds. The molecule has 7 nitrogen and oxygen atoms in total. The Hall–Kier alpha value is -1.22. The summed E-state index contributed by atoms with van der Waals surface area (Å²) in [6.45, 7) is 14.5. The first-order chi connectivity index (χ1) is 12.5. The second kappa shape index (κ2) is 7.55. The summed E-state index contributed by atoms with van der Waals surface area (Å²) >= 11 is 6.41. The van der Waals surface area contributed by atoms with Crippen LogP contribution in [0.2, 0.25) is 5.15 Å². The molecule has 1 aromatic heterocycles. The van der Waals surface area contributed by atoms with Crippen LogP contribution in [0, 0.1) is 0 Å². The van der Waals surface area contributed by atoms with Crippen LogP contribution in [0.15, 0.2) is 6.07 Å². The van der Waals surface area contributed by atoms with Crippen LogP contribution in [-0.4, -0.2) is 37.3 Å². The fourth-order valence-corrected chi connectivity index (χ4v) is 4.01. The first-order valence-electron chi connectivity index (χ1n) is 9.14. The molecular weight excluding hydrogens is 402 g/mol. The molecule has 0 saturated heterocycles. The molecule has 3 atom stereocenters. The van der Waals surface area contributed by atoms with Crippen LogP contribution >= 0.6 is 11.6 Å². The van der Waals surface area contributed by atoms with Crippen LogP contribution in [0.25, 0.3) is 0 Å². The van der Waals surface area contributed by atoms with E-state index in [9.17, 15) is 14.1 Å². The molecule has 1 aliphatic rings. The number of ether oxygens (including phenoxy) is 1. The van der Waals surface area contributed by atoms with Gasteiger partial charge in [0, 0.05) is 5.56 Å². The summed E-state index contributed by atoms with van der Waals surface area (Å²) in [5, 5.41) is 10.1. The van der Waals surface area contributed by atoms with E-state index in [0.717, 1.165) is 0 Å². The van der Waals surface area contributed by atoms with Gasteiger partial charge in [-0.05, 0) is 61.5 Å². The van der Waals surface area contributed by atoms with Gasteiger partial charge in [-0.25, -0.2) is 18.7 Å². The monoisotopic (exact) mass is 431 g/mol. The highest BCUT2D eigenvalue weighted by Gasteiger charge is 2.46. The van der Waals surface area contributed by atoms with Gasteiger partial charge in [0.25, 0.3) is 0 Å². The van der Waals surface area contributed by atoms with E-state index in [1.807, 2.05) is 27.7 Å². The number of rotatable bonds is 3. The average molecular weight is 432 g/mol. The number of amides is 1. The SMILES string of the molecule is CC(O)c1cc2c(c(Cl)n1)N(C(=O)OC(C)(C)C)C[C@]2(C)NS(=O)C(C)(C)C. The highest BCUT2D eigenvalue weighted by molar-refractivity contribution is 7.84. The molecular formula is C19H30ClN3O4S. The van der Waals surface area contributed by atoms with E-state index in [4.69, 9.17) is 16.3 Å². The number of pyridine rings is 1. The largest absolute Gasteiger partial charge is 0.443 e. The molecule has 158 valence electrons. The number of aliphatic hydroxyl groups excluding tert-OH is 1. The van der Waals surface area contributed by atoms with Crippen molar-refractivity contribution in [2.75, 3.05) is 11.4 Å². The van der Waals surface area contributed by atoms with Crippen molar-refractivity contribution in [1.29, 1.82) is 0 Å². The van der Waals surface area contributed by atoms with Gasteiger partial charge in [0.2, 0.25) is 0 Å². The van der Waals surface area contributed by atoms with E-state index in [1.54, 1.807) is 33.8 Å². The van der Waals surface area contributed by atoms with Gasteiger partial charge in [-0.1, -0.05) is 11.6 Å². The molecule has 2 heterocycles. The number of halogens is 1. The number of carbonyl (C=O) groups is 1. The molecule has 9 heteroatoms. The maximum Gasteiger partial charge on any atom is 0.414 e. The van der Waals surface area contributed by atoms with Crippen molar-refractivity contribution in [3.8, 4) is 0 Å². The minimum absolute atomic E-state index is 0.0892. The molecule has 0 aliphatic carbocycles. The Labute approximate surface area is 174 Å². The number of hydrogen-bond acceptors (Lipinski definition) is 5. The van der Waals surface area contributed by atoms with Gasteiger partial charge < -0.3 is 9.84 Å². The normalized spacial score (nSPS) is 22.0. The number of carbonyl (C=O) groups excluding carboxylic acids is 1. The van der Waals surface area contributed by atoms with Gasteiger partial charge >= 0.3 is 6.09 Å². The lowest BCUT2D eigenvalue weighted by molar-refractivity contribution is 0.0578. The molecule has 0 aromatic carbocycles. The Kier molecular flexibility index (Phi) is 6.22. The zero-order chi connectivity index (χ0) is 21.7. The maximum atomic E-state index is 12.8. The van der Waals surface area contributed by atoms with Crippen molar-refractivity contribution in [3.63, 3.8) is 0 Å². The van der Waals surface area contributed by atoms with Crippen LogP contribution < -0.4 is 9.62 Å². The third-order valence-electron chi connectivity index (χ3n) is 4.22. The van der Waals surface area contributed by atoms with Crippen LogP contribution in [-0.2, 0) is 21.3 Å². The second-order valence-electron chi connectivity index (χ2n) is 9.29. The van der Waals surface area contributed by atoms with Gasteiger partial charge in [0.15, 0.2) is 5.15 Å². The Morgan fingerprint density at radius 1 is 1.39 bits per heavy atom. The van der Waals surface area contributed by atoms with E-state index < -0.39 is 39.1 Å². The zero-order valence-electron chi connectivity index (χ0n) is 17.7. The van der Waals surface area contributed by atoms with Gasteiger partial charge in [-0.3, -0.25) is 4.90 Å². The van der Waals surface area contributed by atoms with E-state index in [1.165, 1.54) is 4.90 Å². The molecule has 2 unspecified atom stereocenters. The predicted molar refractivity (Wildman–Crippen MR) is 112 cm³/mol. The summed E-state index contributed by atoms with van der Waals surface area (Å²) in [6, 6.07) is 1.70. The third kappa shape index (κ3) is 4.84. The fraction of sp³-hybridized carbons (Fsp3) is 0.684. The van der Waals surface area contributed by atoms with E-state index in [0.29, 0.717) is 16.9 Å². The minimum Gasteiger partial charge on any atom is -0.443 e. The molecule has 1 aliphatic heterocycles. The Morgan fingerprint density at radius 3 is 2.43 bits per heavy atom. The van der Waals surface area contributed by atoms with Crippen molar-refractivity contribution in [2.24, 2.45) is 0 Å². The quantitative estimate of drug-likeness (QED) is 0.710. The Balaban J connectivity index is 2.57. The molecule has 0 bridgehead atoms. The lowest BCUT2D eigenvalue weighted by atomic mass is 9.95. The lowest BCUT2D eigenvalue weighted by Crippen LogP contribution is -2.49. The van der Waals surface area contributed by atoms with Crippen molar-refractivity contribution < 1.29 is 18.8 Å².